The quantitative estimate of drug-likeness (QED) is 0.508. The molecule has 0 aromatic rings. The Labute approximate surface area is 102 Å². The maximum Gasteiger partial charge on any atom is 0.0319 e. The normalized spacial score (nSPS) is 17.1. The monoisotopic (exact) mass is 244 g/mol. The Morgan fingerprint density at radius 2 is 1.31 bits per heavy atom. The molecule has 1 aliphatic rings. The topological polar surface area (TPSA) is 58.4 Å². The summed E-state index contributed by atoms with van der Waals surface area (Å²) in [4.78, 5) is 0. The summed E-state index contributed by atoms with van der Waals surface area (Å²) in [6, 6.07) is 0. The van der Waals surface area contributed by atoms with Crippen molar-refractivity contribution in [3.05, 3.63) is 5.32 Å². The van der Waals surface area contributed by atoms with Gasteiger partial charge in [0.25, 0.3) is 0 Å². The Morgan fingerprint density at radius 1 is 0.923 bits per heavy atom. The molecule has 1 aliphatic heterocycles. The molecule has 0 aliphatic carbocycles. The van der Waals surface area contributed by atoms with Gasteiger partial charge in [-0.25, -0.2) is 0 Å². The number of halogens is 1. The number of nitrogens with one attached hydrogen (secondary N) is 2. The van der Waals surface area contributed by atoms with Crippen LogP contribution in [0.2, 0.25) is 0 Å². The minimum absolute atomic E-state index is 0. The Kier molecular flexibility index (Phi) is 27.8. The summed E-state index contributed by atoms with van der Waals surface area (Å²) in [6.07, 6.45) is 0. The van der Waals surface area contributed by atoms with Crippen molar-refractivity contribution < 1.29 is 26.8 Å². The van der Waals surface area contributed by atoms with E-state index >= 15 is 0 Å². The maximum absolute atomic E-state index is 7.00. The van der Waals surface area contributed by atoms with Crippen molar-refractivity contribution in [3.63, 3.8) is 0 Å². The second kappa shape index (κ2) is 18.6. The fourth-order valence-corrected chi connectivity index (χ4v) is 0.855. The summed E-state index contributed by atoms with van der Waals surface area (Å²) >= 11 is 0. The van der Waals surface area contributed by atoms with Crippen LogP contribution in [0.3, 0.4) is 0 Å². The smallest absolute Gasteiger partial charge is 0.0319 e. The van der Waals surface area contributed by atoms with E-state index < -0.39 is 0 Å². The predicted molar refractivity (Wildman–Crippen MR) is 54.2 cm³/mol. The van der Waals surface area contributed by atoms with Gasteiger partial charge in [-0.05, 0) is 13.1 Å². The Bertz CT molecular complexity index is 52.2. The minimum atomic E-state index is 0. The van der Waals surface area contributed by atoms with Crippen LogP contribution in [-0.4, -0.2) is 51.5 Å². The summed E-state index contributed by atoms with van der Waals surface area (Å²) in [5.74, 6) is 0. The van der Waals surface area contributed by atoms with E-state index in [-0.39, 0.29) is 34.1 Å². The Hall–Kier alpha value is 0.844. The standard InChI is InChI=1S/C6H14N3.CH4O.ClH.Ti/c1-2-8-5-6-9-4-3-7-1;1-2;;/h7-8H,1-6H2;2H,1H3;1H;/q-1;;;. The van der Waals surface area contributed by atoms with Crippen molar-refractivity contribution in [3.8, 4) is 0 Å². The van der Waals surface area contributed by atoms with Crippen LogP contribution in [0.5, 0.6) is 0 Å². The summed E-state index contributed by atoms with van der Waals surface area (Å²) < 4.78 is 0. The van der Waals surface area contributed by atoms with Crippen molar-refractivity contribution in [1.29, 1.82) is 0 Å². The van der Waals surface area contributed by atoms with Crippen LogP contribution in [0.4, 0.5) is 0 Å². The number of hydrogen-bond donors (Lipinski definition) is 3. The van der Waals surface area contributed by atoms with Crippen molar-refractivity contribution in [2.45, 2.75) is 0 Å². The van der Waals surface area contributed by atoms with E-state index in [1.807, 2.05) is 0 Å². The largest absolute Gasteiger partial charge is 0.660 e. The summed E-state index contributed by atoms with van der Waals surface area (Å²) in [5, 5.41) is 17.8. The van der Waals surface area contributed by atoms with Gasteiger partial charge in [-0.3, -0.25) is 0 Å². The van der Waals surface area contributed by atoms with Crippen molar-refractivity contribution in [1.82, 2.24) is 10.6 Å². The van der Waals surface area contributed by atoms with Crippen LogP contribution < -0.4 is 10.6 Å². The number of aliphatic hydroxyl groups is 1. The van der Waals surface area contributed by atoms with Gasteiger partial charge in [0.15, 0.2) is 0 Å². The van der Waals surface area contributed by atoms with Crippen molar-refractivity contribution in [2.75, 3.05) is 46.4 Å². The zero-order chi connectivity index (χ0) is 8.36. The van der Waals surface area contributed by atoms with Crippen molar-refractivity contribution >= 4 is 12.4 Å². The second-order valence-corrected chi connectivity index (χ2v) is 2.17. The molecule has 1 heterocycles. The van der Waals surface area contributed by atoms with E-state index in [1.54, 1.807) is 0 Å². The van der Waals surface area contributed by atoms with Crippen LogP contribution in [-0.2, 0) is 21.7 Å². The molecule has 0 aromatic carbocycles. The van der Waals surface area contributed by atoms with Crippen LogP contribution in [0.1, 0.15) is 0 Å². The molecule has 3 N–H and O–H groups in total. The summed E-state index contributed by atoms with van der Waals surface area (Å²) in [7, 11) is 1.00. The zero-order valence-electron chi connectivity index (χ0n) is 8.05. The third-order valence-electron chi connectivity index (χ3n) is 1.37. The van der Waals surface area contributed by atoms with Gasteiger partial charge in [0, 0.05) is 41.9 Å². The first-order valence-corrected chi connectivity index (χ1v) is 3.99. The van der Waals surface area contributed by atoms with Gasteiger partial charge in [-0.15, -0.1) is 25.5 Å². The molecular formula is C7H19ClN3OTi-. The van der Waals surface area contributed by atoms with Gasteiger partial charge in [0.05, 0.1) is 0 Å². The summed E-state index contributed by atoms with van der Waals surface area (Å²) in [6.45, 7) is 6.19. The van der Waals surface area contributed by atoms with E-state index in [0.29, 0.717) is 0 Å². The number of nitrogens with zero attached hydrogens (tertiary/aromatic N) is 1. The molecular weight excluding hydrogens is 225 g/mol. The average molecular weight is 245 g/mol. The van der Waals surface area contributed by atoms with Crippen LogP contribution in [0, 0.1) is 0 Å². The average Bonchev–Trinajstić information content (AvgIpc) is 2.22. The van der Waals surface area contributed by atoms with E-state index in [9.17, 15) is 0 Å². The third kappa shape index (κ3) is 15.6. The van der Waals surface area contributed by atoms with Crippen LogP contribution in [0.25, 0.3) is 5.32 Å². The maximum atomic E-state index is 7.00. The van der Waals surface area contributed by atoms with Gasteiger partial charge in [0.1, 0.15) is 0 Å². The molecule has 0 unspecified atom stereocenters. The molecule has 13 heavy (non-hydrogen) atoms. The molecule has 1 saturated heterocycles. The molecule has 80 valence electrons. The third-order valence-corrected chi connectivity index (χ3v) is 1.37. The first-order valence-electron chi connectivity index (χ1n) is 3.99. The fraction of sp³-hybridized carbons (Fsp3) is 1.00. The Morgan fingerprint density at radius 3 is 1.69 bits per heavy atom. The number of aliphatic hydroxyl groups excluding tert-OH is 1. The molecule has 1 rings (SSSR count). The fourth-order valence-electron chi connectivity index (χ4n) is 0.855. The van der Waals surface area contributed by atoms with Crippen LogP contribution >= 0.6 is 12.4 Å². The van der Waals surface area contributed by atoms with E-state index in [4.69, 9.17) is 5.11 Å². The Balaban J connectivity index is -0.000000234. The molecule has 0 radical (unpaired) electrons. The predicted octanol–water partition coefficient (Wildman–Crippen LogP) is -0.419. The zero-order valence-corrected chi connectivity index (χ0v) is 10.4. The van der Waals surface area contributed by atoms with Gasteiger partial charge in [-0.2, -0.15) is 0 Å². The van der Waals surface area contributed by atoms with E-state index in [0.717, 1.165) is 46.4 Å². The molecule has 0 saturated carbocycles. The van der Waals surface area contributed by atoms with Gasteiger partial charge in [-0.1, -0.05) is 0 Å². The second-order valence-electron chi connectivity index (χ2n) is 2.17. The molecule has 6 heteroatoms. The molecule has 0 bridgehead atoms. The van der Waals surface area contributed by atoms with Gasteiger partial charge >= 0.3 is 0 Å². The van der Waals surface area contributed by atoms with E-state index in [1.165, 1.54) is 0 Å². The first kappa shape index (κ1) is 19.4. The minimum Gasteiger partial charge on any atom is -0.660 e. The van der Waals surface area contributed by atoms with Gasteiger partial charge < -0.3 is 21.1 Å². The molecule has 4 nitrogen and oxygen atoms in total. The van der Waals surface area contributed by atoms with Crippen molar-refractivity contribution in [2.24, 2.45) is 0 Å². The number of hydrogen-bond acceptors (Lipinski definition) is 3. The van der Waals surface area contributed by atoms with E-state index in [2.05, 4.69) is 16.0 Å². The molecule has 0 aromatic heterocycles. The van der Waals surface area contributed by atoms with Crippen LogP contribution in [0.15, 0.2) is 0 Å². The molecule has 0 spiro atoms. The molecule has 1 fully saturated rings. The molecule has 0 atom stereocenters. The summed E-state index contributed by atoms with van der Waals surface area (Å²) in [5.41, 5.74) is 0. The molecule has 0 amide bonds. The van der Waals surface area contributed by atoms with Gasteiger partial charge in [0.2, 0.25) is 0 Å². The SMILES string of the molecule is C1CNCCNCC[N-]1.CO.Cl.[Ti]. The first-order chi connectivity index (χ1) is 5.50. The number of rotatable bonds is 0.